The molecule has 2 aliphatic rings. The van der Waals surface area contributed by atoms with Crippen LogP contribution in [0.4, 0.5) is 0 Å². The summed E-state index contributed by atoms with van der Waals surface area (Å²) in [6.45, 7) is 7.26. The summed E-state index contributed by atoms with van der Waals surface area (Å²) in [6.07, 6.45) is 4.15. The molecule has 2 fully saturated rings. The maximum Gasteiger partial charge on any atom is 0.309 e. The highest BCUT2D eigenvalue weighted by Gasteiger charge is 2.38. The Kier molecular flexibility index (Phi) is 4.68. The molecule has 0 aromatic heterocycles. The molecule has 1 amide bonds. The van der Waals surface area contributed by atoms with Gasteiger partial charge in [-0.15, -0.1) is 0 Å². The van der Waals surface area contributed by atoms with Gasteiger partial charge in [0.2, 0.25) is 5.91 Å². The predicted octanol–water partition coefficient (Wildman–Crippen LogP) is 1.57. The fourth-order valence-corrected chi connectivity index (χ4v) is 3.16. The van der Waals surface area contributed by atoms with E-state index in [9.17, 15) is 14.7 Å². The van der Waals surface area contributed by atoms with E-state index >= 15 is 0 Å². The van der Waals surface area contributed by atoms with Crippen LogP contribution in [0.3, 0.4) is 0 Å². The van der Waals surface area contributed by atoms with Crippen molar-refractivity contribution < 1.29 is 14.7 Å². The fourth-order valence-electron chi connectivity index (χ4n) is 3.16. The number of hydrogen-bond donors (Lipinski definition) is 1. The van der Waals surface area contributed by atoms with Gasteiger partial charge in [-0.25, -0.2) is 0 Å². The number of likely N-dealkylation sites (tertiary alicyclic amines) is 2. The number of amides is 1. The Morgan fingerprint density at radius 3 is 2.20 bits per heavy atom. The van der Waals surface area contributed by atoms with Gasteiger partial charge in [0.1, 0.15) is 0 Å². The second-order valence-electron chi connectivity index (χ2n) is 6.54. The minimum atomic E-state index is -0.741. The van der Waals surface area contributed by atoms with Gasteiger partial charge in [0.05, 0.1) is 5.41 Å². The molecule has 2 heterocycles. The highest BCUT2D eigenvalue weighted by molar-refractivity contribution is 5.78. The molecule has 0 aliphatic carbocycles. The van der Waals surface area contributed by atoms with Crippen LogP contribution in [0.5, 0.6) is 0 Å². The standard InChI is InChI=1S/C15H26N2O3/c1-12(16-7-3-4-8-16)11-13(18)17-9-5-15(2,6-10-17)14(19)20/h12H,3-11H2,1-2H3,(H,19,20). The lowest BCUT2D eigenvalue weighted by Gasteiger charge is -2.37. The van der Waals surface area contributed by atoms with E-state index in [-0.39, 0.29) is 5.91 Å². The van der Waals surface area contributed by atoms with Crippen molar-refractivity contribution in [1.82, 2.24) is 9.80 Å². The topological polar surface area (TPSA) is 60.9 Å². The molecule has 20 heavy (non-hydrogen) atoms. The molecule has 2 rings (SSSR count). The summed E-state index contributed by atoms with van der Waals surface area (Å²) in [5.41, 5.74) is -0.655. The molecule has 5 heteroatoms. The Hall–Kier alpha value is -1.10. The number of carbonyl (C=O) groups is 2. The van der Waals surface area contributed by atoms with E-state index in [4.69, 9.17) is 0 Å². The van der Waals surface area contributed by atoms with Crippen molar-refractivity contribution in [3.63, 3.8) is 0 Å². The van der Waals surface area contributed by atoms with E-state index in [0.29, 0.717) is 38.4 Å². The number of carboxylic acids is 1. The van der Waals surface area contributed by atoms with Crippen LogP contribution in [0.15, 0.2) is 0 Å². The van der Waals surface area contributed by atoms with Gasteiger partial charge in [0.25, 0.3) is 0 Å². The van der Waals surface area contributed by atoms with Crippen LogP contribution in [0, 0.1) is 5.41 Å². The molecule has 114 valence electrons. The zero-order valence-corrected chi connectivity index (χ0v) is 12.6. The first-order valence-electron chi connectivity index (χ1n) is 7.67. The van der Waals surface area contributed by atoms with E-state index in [2.05, 4.69) is 11.8 Å². The van der Waals surface area contributed by atoms with Crippen LogP contribution in [-0.4, -0.2) is 59.0 Å². The summed E-state index contributed by atoms with van der Waals surface area (Å²) >= 11 is 0. The molecule has 1 atom stereocenters. The van der Waals surface area contributed by atoms with Gasteiger partial charge in [-0.05, 0) is 52.6 Å². The predicted molar refractivity (Wildman–Crippen MR) is 76.4 cm³/mol. The van der Waals surface area contributed by atoms with Crippen LogP contribution in [0.25, 0.3) is 0 Å². The highest BCUT2D eigenvalue weighted by atomic mass is 16.4. The number of carboxylic acid groups (broad SMARTS) is 1. The van der Waals surface area contributed by atoms with Gasteiger partial charge in [-0.2, -0.15) is 0 Å². The molecule has 0 bridgehead atoms. The third kappa shape index (κ3) is 3.32. The van der Waals surface area contributed by atoms with Crippen molar-refractivity contribution in [3.8, 4) is 0 Å². The Morgan fingerprint density at radius 2 is 1.70 bits per heavy atom. The fraction of sp³-hybridized carbons (Fsp3) is 0.867. The molecule has 0 spiro atoms. The Bertz CT molecular complexity index is 369. The van der Waals surface area contributed by atoms with Crippen molar-refractivity contribution >= 4 is 11.9 Å². The van der Waals surface area contributed by atoms with Crippen LogP contribution in [0.1, 0.15) is 46.0 Å². The van der Waals surface area contributed by atoms with E-state index in [1.807, 2.05) is 4.90 Å². The number of rotatable bonds is 4. The van der Waals surface area contributed by atoms with E-state index in [1.54, 1.807) is 6.92 Å². The molecule has 0 aromatic carbocycles. The molecular formula is C15H26N2O3. The minimum absolute atomic E-state index is 0.178. The van der Waals surface area contributed by atoms with Crippen molar-refractivity contribution in [2.45, 2.75) is 52.0 Å². The van der Waals surface area contributed by atoms with Crippen LogP contribution in [0.2, 0.25) is 0 Å². The molecule has 1 N–H and O–H groups in total. The minimum Gasteiger partial charge on any atom is -0.481 e. The SMILES string of the molecule is CC(CC(=O)N1CCC(C)(C(=O)O)CC1)N1CCCC1. The number of aliphatic carboxylic acids is 1. The van der Waals surface area contributed by atoms with Crippen LogP contribution in [-0.2, 0) is 9.59 Å². The van der Waals surface area contributed by atoms with E-state index < -0.39 is 11.4 Å². The van der Waals surface area contributed by atoms with Crippen molar-refractivity contribution in [1.29, 1.82) is 0 Å². The molecule has 0 radical (unpaired) electrons. The Balaban J connectivity index is 1.81. The van der Waals surface area contributed by atoms with Gasteiger partial charge in [0.15, 0.2) is 0 Å². The van der Waals surface area contributed by atoms with Crippen molar-refractivity contribution in [2.75, 3.05) is 26.2 Å². The Morgan fingerprint density at radius 1 is 1.15 bits per heavy atom. The van der Waals surface area contributed by atoms with Gasteiger partial charge in [-0.3, -0.25) is 9.59 Å². The second-order valence-corrected chi connectivity index (χ2v) is 6.54. The third-order valence-electron chi connectivity index (χ3n) is 4.97. The third-order valence-corrected chi connectivity index (χ3v) is 4.97. The Labute approximate surface area is 120 Å². The quantitative estimate of drug-likeness (QED) is 0.850. The molecule has 2 saturated heterocycles. The van der Waals surface area contributed by atoms with Crippen LogP contribution < -0.4 is 0 Å². The molecule has 2 aliphatic heterocycles. The molecule has 5 nitrogen and oxygen atoms in total. The largest absolute Gasteiger partial charge is 0.481 e. The number of carbonyl (C=O) groups excluding carboxylic acids is 1. The van der Waals surface area contributed by atoms with Gasteiger partial charge in [0, 0.05) is 25.6 Å². The van der Waals surface area contributed by atoms with Crippen LogP contribution >= 0.6 is 0 Å². The molecule has 0 aromatic rings. The van der Waals surface area contributed by atoms with E-state index in [0.717, 1.165) is 13.1 Å². The smallest absolute Gasteiger partial charge is 0.309 e. The summed E-state index contributed by atoms with van der Waals surface area (Å²) in [7, 11) is 0. The van der Waals surface area contributed by atoms with Gasteiger partial charge >= 0.3 is 5.97 Å². The maximum atomic E-state index is 12.3. The number of piperidine rings is 1. The van der Waals surface area contributed by atoms with Gasteiger partial charge in [-0.1, -0.05) is 0 Å². The summed E-state index contributed by atoms with van der Waals surface area (Å²) < 4.78 is 0. The average molecular weight is 282 g/mol. The summed E-state index contributed by atoms with van der Waals surface area (Å²) in [5.74, 6) is -0.563. The molecule has 0 saturated carbocycles. The number of nitrogens with zero attached hydrogens (tertiary/aromatic N) is 2. The lowest BCUT2D eigenvalue weighted by atomic mass is 9.80. The first kappa shape index (κ1) is 15.3. The summed E-state index contributed by atoms with van der Waals surface area (Å²) in [5, 5.41) is 9.20. The van der Waals surface area contributed by atoms with E-state index in [1.165, 1.54) is 12.8 Å². The first-order chi connectivity index (χ1) is 9.42. The first-order valence-corrected chi connectivity index (χ1v) is 7.67. The maximum absolute atomic E-state index is 12.3. The second kappa shape index (κ2) is 6.12. The monoisotopic (exact) mass is 282 g/mol. The zero-order chi connectivity index (χ0) is 14.8. The summed E-state index contributed by atoms with van der Waals surface area (Å²) in [4.78, 5) is 27.7. The van der Waals surface area contributed by atoms with Crippen molar-refractivity contribution in [3.05, 3.63) is 0 Å². The zero-order valence-electron chi connectivity index (χ0n) is 12.6. The normalized spacial score (nSPS) is 24.6. The van der Waals surface area contributed by atoms with Gasteiger partial charge < -0.3 is 14.9 Å². The molecular weight excluding hydrogens is 256 g/mol. The highest BCUT2D eigenvalue weighted by Crippen LogP contribution is 2.31. The number of hydrogen-bond acceptors (Lipinski definition) is 3. The lowest BCUT2D eigenvalue weighted by molar-refractivity contribution is -0.153. The lowest BCUT2D eigenvalue weighted by Crippen LogP contribution is -2.46. The average Bonchev–Trinajstić information content (AvgIpc) is 2.93. The summed E-state index contributed by atoms with van der Waals surface area (Å²) in [6, 6.07) is 0.304. The van der Waals surface area contributed by atoms with Crippen molar-refractivity contribution in [2.24, 2.45) is 5.41 Å². The molecule has 1 unspecified atom stereocenters.